The number of nitrogens with zero attached hydrogens (tertiary/aromatic N) is 10. The first kappa shape index (κ1) is 71.1. The van der Waals surface area contributed by atoms with Crippen molar-refractivity contribution in [1.82, 2.24) is 48.6 Å². The van der Waals surface area contributed by atoms with Crippen molar-refractivity contribution in [3.63, 3.8) is 0 Å². The van der Waals surface area contributed by atoms with E-state index in [1.807, 2.05) is 30.5 Å². The molecule has 10 heterocycles. The predicted molar refractivity (Wildman–Crippen MR) is 505 cm³/mol. The Morgan fingerprint density at radius 2 is 0.620 bits per heavy atom. The van der Waals surface area contributed by atoms with Crippen molar-refractivity contribution >= 4 is 181 Å². The Labute approximate surface area is 712 Å². The van der Waals surface area contributed by atoms with Crippen LogP contribution in [0.1, 0.15) is 25.0 Å². The molecule has 0 amide bonds. The molecule has 10 aromatic heterocycles. The maximum atomic E-state index is 5.39. The number of aromatic nitrogens is 10. The molecule has 0 saturated carbocycles. The van der Waals surface area contributed by atoms with Gasteiger partial charge in [-0.25, -0.2) is 0 Å². The molecule has 0 atom stereocenters. The molecular weight excluding hydrogens is 1670 g/mol. The summed E-state index contributed by atoms with van der Waals surface area (Å²) in [6.45, 7) is 4.66. The third kappa shape index (κ3) is 11.6. The van der Waals surface area contributed by atoms with Crippen molar-refractivity contribution in [3.8, 4) is 85.1 Å². The average molecular weight is 1740 g/mol. The maximum Gasteiger partial charge on any atom is -0.0178 e. The number of benzene rings is 15. The molecule has 1 aliphatic rings. The normalized spacial score (nSPS) is 12.4. The first-order chi connectivity index (χ1) is 59.8. The quantitative estimate of drug-likeness (QED) is 0.140. The van der Waals surface area contributed by atoms with E-state index in [-0.39, 0.29) is 5.41 Å². The summed E-state index contributed by atoms with van der Waals surface area (Å²) in [6.07, 6.45) is 1.83. The molecule has 10 nitrogen and oxygen atoms in total. The van der Waals surface area contributed by atoms with Crippen molar-refractivity contribution in [2.45, 2.75) is 19.3 Å². The van der Waals surface area contributed by atoms with E-state index in [1.54, 1.807) is 0 Å². The summed E-state index contributed by atoms with van der Waals surface area (Å²) in [4.78, 5) is 42.9. The van der Waals surface area contributed by atoms with Gasteiger partial charge in [0.2, 0.25) is 0 Å². The smallest absolute Gasteiger partial charge is 0.0178 e. The Hall–Kier alpha value is -14.1. The zero-order valence-corrected chi connectivity index (χ0v) is 70.6. The molecule has 0 fully saturated rings. The van der Waals surface area contributed by atoms with E-state index in [1.165, 1.54) is 122 Å². The fourth-order valence-electron chi connectivity index (χ4n) is 18.8. The number of hydrogen-bond donors (Lipinski definition) is 0. The largest absolute Gasteiger partial charge is 0.0610 e. The maximum absolute atomic E-state index is 5.39. The Balaban J connectivity index is 0.000000103. The van der Waals surface area contributed by atoms with Crippen LogP contribution in [0.5, 0.6) is 0 Å². The van der Waals surface area contributed by atoms with Crippen molar-refractivity contribution in [2.24, 2.45) is 0 Å². The molecule has 0 radical (unpaired) electrons. The summed E-state index contributed by atoms with van der Waals surface area (Å²) < 4.78 is 11.0. The molecule has 1 aliphatic carbocycles. The summed E-state index contributed by atoms with van der Waals surface area (Å²) >= 11 is 1.07. The van der Waals surface area contributed by atoms with Crippen LogP contribution in [0, 0.1) is 0 Å². The summed E-state index contributed by atoms with van der Waals surface area (Å²) in [5.74, 6) is 2.11. The van der Waals surface area contributed by atoms with Gasteiger partial charge < -0.3 is 0 Å². The van der Waals surface area contributed by atoms with Crippen molar-refractivity contribution < 1.29 is 0 Å². The van der Waals surface area contributed by atoms with Gasteiger partial charge in [0.15, 0.2) is 0 Å². The predicted octanol–water partition coefficient (Wildman–Crippen LogP) is 26.0. The molecule has 15 aromatic carbocycles. The van der Waals surface area contributed by atoms with Gasteiger partial charge in [0, 0.05) is 6.20 Å². The van der Waals surface area contributed by atoms with Gasteiger partial charge in [-0.2, -0.15) is 0 Å². The number of fused-ring (bicyclic) bond motifs is 22. The van der Waals surface area contributed by atoms with Crippen LogP contribution in [0.25, 0.3) is 223 Å². The Bertz CT molecular complexity index is 8510. The van der Waals surface area contributed by atoms with Gasteiger partial charge in [0.1, 0.15) is 0 Å². The summed E-state index contributed by atoms with van der Waals surface area (Å²) in [7, 11) is 0. The number of pyridine rings is 1. The van der Waals surface area contributed by atoms with Gasteiger partial charge in [0.05, 0.1) is 0 Å². The number of para-hydroxylation sites is 6. The third-order valence-corrected chi connectivity index (χ3v) is 30.0. The third-order valence-electron chi connectivity index (χ3n) is 24.4. The van der Waals surface area contributed by atoms with E-state index in [0.717, 1.165) is 94.3 Å². The SMILES string of the molecule is CC1(C)c2ccccc2-c2ccc(-c3nc(-n4c5ccccc5c5ccc6[se]ccc6c54)nc4ccccc34)cc21.c1ccc(-c2ccc(-c3nc(-n4c5ccccc5c5ccc6[se]ccc6c54)nc4ccccc34)cc2)nc1.c1ccc2c(-c3ccc(-c4nc(-n5c6ccccc6c6ccc7[se]ccc7c65)nc5ccccc45)cc3)cccc2c1. The average Bonchev–Trinajstić information content (AvgIpc) is 1.59. The molecule has 13 heteroatoms. The Morgan fingerprint density at radius 1 is 0.248 bits per heavy atom. The molecule has 0 bridgehead atoms. The van der Waals surface area contributed by atoms with E-state index in [0.29, 0.717) is 61.4 Å². The van der Waals surface area contributed by atoms with Crippen molar-refractivity contribution in [2.75, 3.05) is 0 Å². The van der Waals surface area contributed by atoms with Crippen LogP contribution in [0.3, 0.4) is 0 Å². The molecule has 0 aliphatic heterocycles. The first-order valence-electron chi connectivity index (χ1n) is 40.6. The van der Waals surface area contributed by atoms with E-state index < -0.39 is 0 Å². The van der Waals surface area contributed by atoms with Crippen LogP contribution in [0.2, 0.25) is 0 Å². The molecule has 121 heavy (non-hydrogen) atoms. The van der Waals surface area contributed by atoms with Gasteiger partial charge in [-0.15, -0.1) is 0 Å². The van der Waals surface area contributed by atoms with Crippen LogP contribution in [0.4, 0.5) is 0 Å². The Kier molecular flexibility index (Phi) is 16.8. The molecule has 25 aromatic rings. The summed E-state index contributed by atoms with van der Waals surface area (Å²) in [5, 5.41) is 16.9. The molecule has 0 saturated heterocycles. The van der Waals surface area contributed by atoms with Gasteiger partial charge in [-0.3, -0.25) is 4.98 Å². The van der Waals surface area contributed by atoms with Crippen LogP contribution < -0.4 is 0 Å². The molecule has 26 rings (SSSR count). The van der Waals surface area contributed by atoms with Crippen LogP contribution in [-0.2, 0) is 5.41 Å². The zero-order valence-electron chi connectivity index (χ0n) is 65.5. The van der Waals surface area contributed by atoms with Crippen molar-refractivity contribution in [3.05, 3.63) is 384 Å². The van der Waals surface area contributed by atoms with Crippen LogP contribution >= 0.6 is 0 Å². The zero-order chi connectivity index (χ0) is 80.0. The van der Waals surface area contributed by atoms with E-state index in [9.17, 15) is 0 Å². The molecule has 0 N–H and O–H groups in total. The van der Waals surface area contributed by atoms with E-state index in [4.69, 9.17) is 29.9 Å². The summed E-state index contributed by atoms with van der Waals surface area (Å²) in [5.41, 5.74) is 25.7. The molecule has 568 valence electrons. The summed E-state index contributed by atoms with van der Waals surface area (Å²) in [6, 6.07) is 125. The Morgan fingerprint density at radius 3 is 1.10 bits per heavy atom. The fraction of sp³-hybridized carbons (Fsp3) is 0.0278. The second-order valence-corrected chi connectivity index (χ2v) is 37.4. The second kappa shape index (κ2) is 28.6. The second-order valence-electron chi connectivity index (χ2n) is 31.4. The molecule has 0 spiro atoms. The molecular formula is C108H68N10Se3. The van der Waals surface area contributed by atoms with E-state index in [2.05, 4.69) is 375 Å². The minimum absolute atomic E-state index is 0.0743. The minimum atomic E-state index is -0.0743. The fourth-order valence-corrected chi connectivity index (χ4v) is 23.7. The van der Waals surface area contributed by atoms with Gasteiger partial charge >= 0.3 is 611 Å². The van der Waals surface area contributed by atoms with Crippen molar-refractivity contribution in [1.29, 1.82) is 0 Å². The number of hydrogen-bond acceptors (Lipinski definition) is 7. The standard InChI is InChI=1S/C38H23N3Se.C37H25N3Se.C33H20N4Se/c1-2-10-27-24(8-1)9-7-13-28(27)25-16-18-26(19-17-25)36-31-12-3-5-14-33(31)39-38(40-36)41-34-15-6-4-11-29(34)30-20-21-35-32(37(30)41)22-23-42-35;1-37(2)29-12-6-3-9-23(29)24-16-15-22(21-30(24)37)34-27-11-4-7-13-31(27)38-36(39-34)40-32-14-8-5-10-25(32)26-17-18-33-28(35(26)40)19-20-41-33;1-3-10-28-25(8-1)31(22-14-12-21(13-15-22)27-9-5-6-19-34-27)36-33(35-28)37-29-11-4-2-7-23(29)24-16-17-30-26(32(24)37)18-20-38-30/h1-23H;3-21H,1-2H3;1-20H. The van der Waals surface area contributed by atoms with Gasteiger partial charge in [0.25, 0.3) is 0 Å². The number of rotatable bonds is 8. The van der Waals surface area contributed by atoms with Gasteiger partial charge in [-0.05, 0) is 22.9 Å². The first-order valence-corrected chi connectivity index (χ1v) is 46.2. The van der Waals surface area contributed by atoms with Gasteiger partial charge in [-0.1, -0.05) is 72.8 Å². The minimum Gasteiger partial charge on any atom is -0.0610 e. The molecule has 0 unspecified atom stereocenters. The van der Waals surface area contributed by atoms with Crippen LogP contribution in [-0.4, -0.2) is 92.1 Å². The topological polar surface area (TPSA) is 105 Å². The van der Waals surface area contributed by atoms with E-state index >= 15 is 0 Å². The monoisotopic (exact) mass is 1740 g/mol. The van der Waals surface area contributed by atoms with Crippen LogP contribution in [0.15, 0.2) is 373 Å².